The van der Waals surface area contributed by atoms with Crippen molar-refractivity contribution >= 4 is 17.6 Å². The van der Waals surface area contributed by atoms with Crippen molar-refractivity contribution in [3.8, 4) is 17.1 Å². The molecule has 9 heteroatoms. The number of hydrogen-bond acceptors (Lipinski definition) is 6. The summed E-state index contributed by atoms with van der Waals surface area (Å²) in [5.41, 5.74) is 4.96. The lowest BCUT2D eigenvalue weighted by Crippen LogP contribution is -2.49. The average molecular weight is 524 g/mol. The van der Waals surface area contributed by atoms with E-state index in [4.69, 9.17) is 4.84 Å². The molecule has 1 fully saturated rings. The van der Waals surface area contributed by atoms with Gasteiger partial charge in [-0.3, -0.25) is 19.2 Å². The molecule has 1 atom stereocenters. The number of nitrogens with one attached hydrogen (secondary N) is 2. The van der Waals surface area contributed by atoms with Crippen LogP contribution in [0.1, 0.15) is 41.6 Å². The Balaban J connectivity index is 1.36. The summed E-state index contributed by atoms with van der Waals surface area (Å²) in [6.45, 7) is 0. The third kappa shape index (κ3) is 6.45. The number of carbonyl (C=O) groups excluding carboxylic acids is 3. The van der Waals surface area contributed by atoms with Crippen LogP contribution >= 0.6 is 0 Å². The molecule has 4 aromatic rings. The minimum absolute atomic E-state index is 0.100. The molecule has 2 N–H and O–H groups in total. The molecular formula is C30H29N5O4. The van der Waals surface area contributed by atoms with Gasteiger partial charge in [0.15, 0.2) is 5.82 Å². The quantitative estimate of drug-likeness (QED) is 0.241. The largest absolute Gasteiger partial charge is 0.341 e. The van der Waals surface area contributed by atoms with E-state index in [2.05, 4.69) is 20.9 Å². The van der Waals surface area contributed by atoms with Crippen molar-refractivity contribution in [2.45, 2.75) is 44.2 Å². The molecular weight excluding hydrogens is 494 g/mol. The molecule has 2 amide bonds. The van der Waals surface area contributed by atoms with Crippen molar-refractivity contribution in [1.29, 1.82) is 0 Å². The van der Waals surface area contributed by atoms with Gasteiger partial charge in [0.25, 0.3) is 5.91 Å². The van der Waals surface area contributed by atoms with Gasteiger partial charge in [0.1, 0.15) is 6.04 Å². The van der Waals surface area contributed by atoms with E-state index in [-0.39, 0.29) is 18.1 Å². The van der Waals surface area contributed by atoms with Gasteiger partial charge in [-0.15, -0.1) is 0 Å². The van der Waals surface area contributed by atoms with Crippen LogP contribution in [0, 0.1) is 0 Å². The highest BCUT2D eigenvalue weighted by molar-refractivity contribution is 6.38. The lowest BCUT2D eigenvalue weighted by atomic mass is 10.0. The van der Waals surface area contributed by atoms with Gasteiger partial charge < -0.3 is 5.32 Å². The van der Waals surface area contributed by atoms with Crippen LogP contribution < -0.4 is 10.8 Å². The summed E-state index contributed by atoms with van der Waals surface area (Å²) < 4.78 is 1.52. The highest BCUT2D eigenvalue weighted by atomic mass is 16.7. The zero-order valence-electron chi connectivity index (χ0n) is 21.3. The zero-order valence-corrected chi connectivity index (χ0v) is 21.3. The molecule has 2 aromatic carbocycles. The third-order valence-corrected chi connectivity index (χ3v) is 6.66. The van der Waals surface area contributed by atoms with E-state index >= 15 is 0 Å². The molecule has 0 aliphatic heterocycles. The first-order valence-corrected chi connectivity index (χ1v) is 13.0. The Morgan fingerprint density at radius 1 is 0.923 bits per heavy atom. The van der Waals surface area contributed by atoms with Crippen molar-refractivity contribution in [1.82, 2.24) is 25.6 Å². The SMILES string of the molecule is O=C(NOC1CCCC1)C(=O)[C@@H](Cc1ccccc1)NC(=O)c1cccnc1-n1ccc(-c2ccccc2)n1. The highest BCUT2D eigenvalue weighted by Crippen LogP contribution is 2.21. The maximum atomic E-state index is 13.5. The number of amides is 2. The molecule has 0 unspecified atom stereocenters. The normalized spacial score (nSPS) is 14.1. The molecule has 2 aromatic heterocycles. The molecule has 0 radical (unpaired) electrons. The predicted molar refractivity (Wildman–Crippen MR) is 145 cm³/mol. The second kappa shape index (κ2) is 12.3. The van der Waals surface area contributed by atoms with Crippen LogP contribution in [0.25, 0.3) is 17.1 Å². The molecule has 1 aliphatic carbocycles. The highest BCUT2D eigenvalue weighted by Gasteiger charge is 2.30. The third-order valence-electron chi connectivity index (χ3n) is 6.66. The second-order valence-electron chi connectivity index (χ2n) is 9.42. The van der Waals surface area contributed by atoms with Crippen molar-refractivity contribution in [3.05, 3.63) is 102 Å². The van der Waals surface area contributed by atoms with Gasteiger partial charge in [0.2, 0.25) is 5.78 Å². The Bertz CT molecular complexity index is 1430. The number of carbonyl (C=O) groups is 3. The van der Waals surface area contributed by atoms with Gasteiger partial charge in [0.05, 0.1) is 17.4 Å². The number of ketones is 1. The number of aromatic nitrogens is 3. The molecule has 5 rings (SSSR count). The van der Waals surface area contributed by atoms with Crippen molar-refractivity contribution < 1.29 is 19.2 Å². The van der Waals surface area contributed by atoms with Crippen LogP contribution in [0.15, 0.2) is 91.3 Å². The van der Waals surface area contributed by atoms with Gasteiger partial charge >= 0.3 is 5.91 Å². The average Bonchev–Trinajstić information content (AvgIpc) is 3.69. The molecule has 0 saturated heterocycles. The van der Waals surface area contributed by atoms with E-state index in [0.29, 0.717) is 5.82 Å². The molecule has 0 bridgehead atoms. The van der Waals surface area contributed by atoms with Crippen molar-refractivity contribution in [2.75, 3.05) is 0 Å². The fraction of sp³-hybridized carbons (Fsp3) is 0.233. The summed E-state index contributed by atoms with van der Waals surface area (Å²) in [6, 6.07) is 22.8. The van der Waals surface area contributed by atoms with Gasteiger partial charge in [-0.2, -0.15) is 5.10 Å². The first-order valence-electron chi connectivity index (χ1n) is 13.0. The summed E-state index contributed by atoms with van der Waals surface area (Å²) in [5, 5.41) is 7.35. The lowest BCUT2D eigenvalue weighted by Gasteiger charge is -2.19. The number of nitrogens with zero attached hydrogens (tertiary/aromatic N) is 3. The second-order valence-corrected chi connectivity index (χ2v) is 9.42. The zero-order chi connectivity index (χ0) is 27.0. The molecule has 2 heterocycles. The van der Waals surface area contributed by atoms with Gasteiger partial charge in [-0.1, -0.05) is 73.5 Å². The molecule has 198 valence electrons. The number of hydroxylamine groups is 1. The summed E-state index contributed by atoms with van der Waals surface area (Å²) in [7, 11) is 0. The first kappa shape index (κ1) is 26.0. The summed E-state index contributed by atoms with van der Waals surface area (Å²) in [5.74, 6) is -1.93. The van der Waals surface area contributed by atoms with Crippen LogP contribution in [0.2, 0.25) is 0 Å². The first-order chi connectivity index (χ1) is 19.1. The number of pyridine rings is 1. The monoisotopic (exact) mass is 523 g/mol. The van der Waals surface area contributed by atoms with Crippen molar-refractivity contribution in [2.24, 2.45) is 0 Å². The molecule has 9 nitrogen and oxygen atoms in total. The Hall–Kier alpha value is -4.63. The van der Waals surface area contributed by atoms with E-state index in [0.717, 1.165) is 42.5 Å². The van der Waals surface area contributed by atoms with E-state index in [1.165, 1.54) is 4.68 Å². The molecule has 1 aliphatic rings. The number of Topliss-reactive ketones (excluding diaryl/α,β-unsaturated/α-hetero) is 1. The van der Waals surface area contributed by atoms with Crippen LogP contribution in [0.3, 0.4) is 0 Å². The summed E-state index contributed by atoms with van der Waals surface area (Å²) in [4.78, 5) is 49.2. The molecule has 1 saturated carbocycles. The topological polar surface area (TPSA) is 115 Å². The summed E-state index contributed by atoms with van der Waals surface area (Å²) in [6.07, 6.45) is 7.05. The summed E-state index contributed by atoms with van der Waals surface area (Å²) >= 11 is 0. The fourth-order valence-electron chi connectivity index (χ4n) is 4.61. The van der Waals surface area contributed by atoms with Crippen LogP contribution in [-0.4, -0.2) is 44.5 Å². The Morgan fingerprint density at radius 3 is 2.38 bits per heavy atom. The Labute approximate surface area is 226 Å². The minimum atomic E-state index is -1.11. The smallest absolute Gasteiger partial charge is 0.313 e. The number of rotatable bonds is 10. The maximum absolute atomic E-state index is 13.5. The van der Waals surface area contributed by atoms with Crippen LogP contribution in [0.5, 0.6) is 0 Å². The maximum Gasteiger partial charge on any atom is 0.313 e. The molecule has 0 spiro atoms. The van der Waals surface area contributed by atoms with E-state index in [1.807, 2.05) is 66.7 Å². The van der Waals surface area contributed by atoms with E-state index < -0.39 is 23.6 Å². The van der Waals surface area contributed by atoms with Gasteiger partial charge in [0, 0.05) is 24.4 Å². The minimum Gasteiger partial charge on any atom is -0.341 e. The van der Waals surface area contributed by atoms with Crippen molar-refractivity contribution in [3.63, 3.8) is 0 Å². The number of hydrogen-bond donors (Lipinski definition) is 2. The lowest BCUT2D eigenvalue weighted by molar-refractivity contribution is -0.149. The van der Waals surface area contributed by atoms with Gasteiger partial charge in [-0.05, 0) is 36.6 Å². The van der Waals surface area contributed by atoms with Crippen LogP contribution in [-0.2, 0) is 20.8 Å². The van der Waals surface area contributed by atoms with E-state index in [1.54, 1.807) is 24.5 Å². The Kier molecular flexibility index (Phi) is 8.18. The molecule has 39 heavy (non-hydrogen) atoms. The predicted octanol–water partition coefficient (Wildman–Crippen LogP) is 3.83. The fourth-order valence-corrected chi connectivity index (χ4v) is 4.61. The Morgan fingerprint density at radius 2 is 1.64 bits per heavy atom. The van der Waals surface area contributed by atoms with Crippen LogP contribution in [0.4, 0.5) is 0 Å². The standard InChI is InChI=1S/C30H29N5O4/c36-27(30(38)34-39-23-14-7-8-15-23)26(20-21-10-3-1-4-11-21)32-29(37)24-16-9-18-31-28(24)35-19-17-25(33-35)22-12-5-2-6-13-22/h1-6,9-13,16-19,23,26H,7-8,14-15,20H2,(H,32,37)(H,34,38)/t26-/m1/s1. The number of benzene rings is 2. The van der Waals surface area contributed by atoms with Gasteiger partial charge in [-0.25, -0.2) is 15.1 Å². The van der Waals surface area contributed by atoms with E-state index in [9.17, 15) is 14.4 Å².